The van der Waals surface area contributed by atoms with Gasteiger partial charge in [-0.2, -0.15) is 8.78 Å². The molecule has 0 aromatic heterocycles. The molecule has 0 aliphatic heterocycles. The number of halogens is 3. The third-order valence-corrected chi connectivity index (χ3v) is 3.34. The lowest BCUT2D eigenvalue weighted by Crippen LogP contribution is -2.12. The van der Waals surface area contributed by atoms with Crippen LogP contribution in [0.1, 0.15) is 12.0 Å². The molecular weight excluding hydrogens is 328 g/mol. The number of amides is 1. The zero-order chi connectivity index (χ0) is 16.8. The Bertz CT molecular complexity index is 695. The van der Waals surface area contributed by atoms with Gasteiger partial charge in [-0.15, -0.1) is 0 Å². The van der Waals surface area contributed by atoms with Crippen molar-refractivity contribution in [2.24, 2.45) is 0 Å². The predicted octanol–water partition coefficient (Wildman–Crippen LogP) is 4.22. The van der Waals surface area contributed by atoms with Crippen LogP contribution < -0.4 is 10.1 Å². The molecule has 2 rings (SSSR count). The van der Waals surface area contributed by atoms with Crippen LogP contribution in [0.4, 0.5) is 14.5 Å². The summed E-state index contributed by atoms with van der Waals surface area (Å²) < 4.78 is 28.5. The van der Waals surface area contributed by atoms with E-state index < -0.39 is 6.61 Å². The summed E-state index contributed by atoms with van der Waals surface area (Å²) in [7, 11) is 0. The van der Waals surface area contributed by atoms with Crippen LogP contribution in [-0.4, -0.2) is 17.6 Å². The van der Waals surface area contributed by atoms with E-state index in [1.807, 2.05) is 0 Å². The maximum absolute atomic E-state index is 12.1. The Balaban J connectivity index is 1.93. The Morgan fingerprint density at radius 2 is 2.00 bits per heavy atom. The third kappa shape index (κ3) is 5.10. The number of carbonyl (C=O) groups excluding carboxylic acids is 1. The number of rotatable bonds is 6. The van der Waals surface area contributed by atoms with E-state index in [1.54, 1.807) is 24.3 Å². The molecule has 122 valence electrons. The standard InChI is InChI=1S/C16H14ClF2NO3/c17-12-9-11(6-7-14(12)23-16(18)19)20-15(22)8-5-10-3-1-2-4-13(10)21/h1-4,6-7,9,16,21H,5,8H2,(H,20,22). The van der Waals surface area contributed by atoms with Crippen molar-refractivity contribution in [3.8, 4) is 11.5 Å². The van der Waals surface area contributed by atoms with Crippen molar-refractivity contribution in [3.05, 3.63) is 53.1 Å². The van der Waals surface area contributed by atoms with Crippen molar-refractivity contribution in [3.63, 3.8) is 0 Å². The summed E-state index contributed by atoms with van der Waals surface area (Å²) in [5.41, 5.74) is 1.04. The molecule has 2 aromatic carbocycles. The van der Waals surface area contributed by atoms with Gasteiger partial charge in [-0.05, 0) is 36.2 Å². The minimum absolute atomic E-state index is 0.0243. The van der Waals surface area contributed by atoms with E-state index >= 15 is 0 Å². The highest BCUT2D eigenvalue weighted by Gasteiger charge is 2.11. The highest BCUT2D eigenvalue weighted by Crippen LogP contribution is 2.29. The summed E-state index contributed by atoms with van der Waals surface area (Å²) in [5.74, 6) is -0.308. The first-order chi connectivity index (χ1) is 11.0. The van der Waals surface area contributed by atoms with Crippen molar-refractivity contribution in [2.75, 3.05) is 5.32 Å². The molecular formula is C16H14ClF2NO3. The van der Waals surface area contributed by atoms with Crippen LogP contribution in [-0.2, 0) is 11.2 Å². The molecule has 0 fully saturated rings. The van der Waals surface area contributed by atoms with Gasteiger partial charge in [-0.25, -0.2) is 0 Å². The first-order valence-electron chi connectivity index (χ1n) is 6.77. The summed E-state index contributed by atoms with van der Waals surface area (Å²) in [6.07, 6.45) is 0.531. The smallest absolute Gasteiger partial charge is 0.387 e. The summed E-state index contributed by atoms with van der Waals surface area (Å²) >= 11 is 5.81. The Morgan fingerprint density at radius 1 is 1.26 bits per heavy atom. The fraction of sp³-hybridized carbons (Fsp3) is 0.188. The number of alkyl halides is 2. The SMILES string of the molecule is O=C(CCc1ccccc1O)Nc1ccc(OC(F)F)c(Cl)c1. The monoisotopic (exact) mass is 341 g/mol. The van der Waals surface area contributed by atoms with Crippen LogP contribution in [0.2, 0.25) is 5.02 Å². The number of anilines is 1. The lowest BCUT2D eigenvalue weighted by atomic mass is 10.1. The lowest BCUT2D eigenvalue weighted by molar-refractivity contribution is -0.116. The number of carbonyl (C=O) groups is 1. The van der Waals surface area contributed by atoms with E-state index in [1.165, 1.54) is 18.2 Å². The van der Waals surface area contributed by atoms with Crippen LogP contribution >= 0.6 is 11.6 Å². The van der Waals surface area contributed by atoms with Crippen molar-refractivity contribution < 1.29 is 23.4 Å². The van der Waals surface area contributed by atoms with Crippen molar-refractivity contribution in [1.82, 2.24) is 0 Å². The Morgan fingerprint density at radius 3 is 2.65 bits per heavy atom. The number of hydrogen-bond acceptors (Lipinski definition) is 3. The summed E-state index contributed by atoms with van der Waals surface area (Å²) in [6, 6.07) is 10.8. The predicted molar refractivity (Wildman–Crippen MR) is 83.1 cm³/mol. The second-order valence-electron chi connectivity index (χ2n) is 4.70. The van der Waals surface area contributed by atoms with Crippen LogP contribution in [0.15, 0.2) is 42.5 Å². The largest absolute Gasteiger partial charge is 0.508 e. The van der Waals surface area contributed by atoms with Gasteiger partial charge < -0.3 is 15.2 Å². The van der Waals surface area contributed by atoms with Gasteiger partial charge in [0, 0.05) is 12.1 Å². The Hall–Kier alpha value is -2.34. The molecule has 0 spiro atoms. The van der Waals surface area contributed by atoms with Gasteiger partial charge in [0.15, 0.2) is 0 Å². The van der Waals surface area contributed by atoms with E-state index in [-0.39, 0.29) is 28.8 Å². The van der Waals surface area contributed by atoms with E-state index in [0.29, 0.717) is 17.7 Å². The minimum atomic E-state index is -2.97. The van der Waals surface area contributed by atoms with Crippen molar-refractivity contribution >= 4 is 23.2 Å². The van der Waals surface area contributed by atoms with Gasteiger partial charge in [-0.3, -0.25) is 4.79 Å². The van der Waals surface area contributed by atoms with Gasteiger partial charge in [0.2, 0.25) is 5.91 Å². The second kappa shape index (κ2) is 7.78. The van der Waals surface area contributed by atoms with Crippen molar-refractivity contribution in [1.29, 1.82) is 0 Å². The molecule has 0 unspecified atom stereocenters. The molecule has 1 amide bonds. The number of aryl methyl sites for hydroxylation is 1. The number of nitrogens with one attached hydrogen (secondary N) is 1. The third-order valence-electron chi connectivity index (χ3n) is 3.04. The van der Waals surface area contributed by atoms with Gasteiger partial charge in [-0.1, -0.05) is 29.8 Å². The van der Waals surface area contributed by atoms with Gasteiger partial charge >= 0.3 is 6.61 Å². The summed E-state index contributed by atoms with van der Waals surface area (Å²) in [5, 5.41) is 12.2. The number of para-hydroxylation sites is 1. The number of hydrogen-bond donors (Lipinski definition) is 2. The van der Waals surface area contributed by atoms with Crippen molar-refractivity contribution in [2.45, 2.75) is 19.5 Å². The fourth-order valence-electron chi connectivity index (χ4n) is 1.96. The first-order valence-corrected chi connectivity index (χ1v) is 7.14. The average Bonchev–Trinajstić information content (AvgIpc) is 2.49. The maximum atomic E-state index is 12.1. The topological polar surface area (TPSA) is 58.6 Å². The number of phenolic OH excluding ortho intramolecular Hbond substituents is 1. The number of benzene rings is 2. The van der Waals surface area contributed by atoms with E-state index in [2.05, 4.69) is 10.1 Å². The molecule has 0 aliphatic carbocycles. The Kier molecular flexibility index (Phi) is 5.76. The molecule has 0 heterocycles. The second-order valence-corrected chi connectivity index (χ2v) is 5.11. The Labute approximate surface area is 136 Å². The van der Waals surface area contributed by atoms with E-state index in [9.17, 15) is 18.7 Å². The molecule has 0 atom stereocenters. The lowest BCUT2D eigenvalue weighted by Gasteiger charge is -2.10. The summed E-state index contributed by atoms with van der Waals surface area (Å²) in [4.78, 5) is 11.9. The van der Waals surface area contributed by atoms with Crippen LogP contribution in [0, 0.1) is 0 Å². The normalized spacial score (nSPS) is 10.6. The molecule has 0 saturated carbocycles. The van der Waals surface area contributed by atoms with Crippen LogP contribution in [0.3, 0.4) is 0 Å². The van der Waals surface area contributed by atoms with Gasteiger partial charge in [0.1, 0.15) is 11.5 Å². The molecule has 2 N–H and O–H groups in total. The highest BCUT2D eigenvalue weighted by atomic mass is 35.5. The zero-order valence-electron chi connectivity index (χ0n) is 11.9. The molecule has 7 heteroatoms. The molecule has 0 radical (unpaired) electrons. The maximum Gasteiger partial charge on any atom is 0.387 e. The molecule has 23 heavy (non-hydrogen) atoms. The molecule has 4 nitrogen and oxygen atoms in total. The highest BCUT2D eigenvalue weighted by molar-refractivity contribution is 6.32. The number of phenols is 1. The summed E-state index contributed by atoms with van der Waals surface area (Å²) in [6.45, 7) is -2.97. The fourth-order valence-corrected chi connectivity index (χ4v) is 2.19. The van der Waals surface area contributed by atoms with Crippen LogP contribution in [0.5, 0.6) is 11.5 Å². The number of aromatic hydroxyl groups is 1. The average molecular weight is 342 g/mol. The van der Waals surface area contributed by atoms with Gasteiger partial charge in [0.05, 0.1) is 5.02 Å². The molecule has 0 aliphatic rings. The zero-order valence-corrected chi connectivity index (χ0v) is 12.7. The number of ether oxygens (including phenoxy) is 1. The molecule has 0 bridgehead atoms. The van der Waals surface area contributed by atoms with Gasteiger partial charge in [0.25, 0.3) is 0 Å². The van der Waals surface area contributed by atoms with Crippen LogP contribution in [0.25, 0.3) is 0 Å². The van der Waals surface area contributed by atoms with E-state index in [0.717, 1.165) is 0 Å². The molecule has 0 saturated heterocycles. The van der Waals surface area contributed by atoms with E-state index in [4.69, 9.17) is 11.6 Å². The molecule has 2 aromatic rings. The first kappa shape index (κ1) is 17.0. The quantitative estimate of drug-likeness (QED) is 0.827. The minimum Gasteiger partial charge on any atom is -0.508 e.